The second-order valence-electron chi connectivity index (χ2n) is 4.63. The lowest BCUT2D eigenvalue weighted by Crippen LogP contribution is -2.05. The number of unbranched alkanes of at least 4 members (excludes halogenated alkanes) is 1. The maximum Gasteiger partial charge on any atom is 0.229 e. The summed E-state index contributed by atoms with van der Waals surface area (Å²) in [6.07, 6.45) is 4.04. The molecule has 0 atom stereocenters. The highest BCUT2D eigenvalue weighted by Gasteiger charge is 2.00. The summed E-state index contributed by atoms with van der Waals surface area (Å²) in [5.74, 6) is 2.28. The minimum absolute atomic E-state index is 0.584. The Balaban J connectivity index is 1.96. The highest BCUT2D eigenvalue weighted by atomic mass is 16.5. The van der Waals surface area contributed by atoms with E-state index in [-0.39, 0.29) is 0 Å². The monoisotopic (exact) mass is 286 g/mol. The lowest BCUT2D eigenvalue weighted by molar-refractivity contribution is 0.340. The second-order valence-corrected chi connectivity index (χ2v) is 4.63. The van der Waals surface area contributed by atoms with E-state index in [1.165, 1.54) is 0 Å². The molecule has 2 aromatic rings. The molecular formula is C16H22N4O. The third-order valence-electron chi connectivity index (χ3n) is 2.91. The van der Waals surface area contributed by atoms with Crippen LogP contribution < -0.4 is 15.4 Å². The highest BCUT2D eigenvalue weighted by molar-refractivity contribution is 5.55. The van der Waals surface area contributed by atoms with Crippen LogP contribution in [0.3, 0.4) is 0 Å². The summed E-state index contributed by atoms with van der Waals surface area (Å²) in [6.45, 7) is 5.73. The van der Waals surface area contributed by atoms with Gasteiger partial charge in [0, 0.05) is 18.4 Å². The molecule has 0 amide bonds. The first kappa shape index (κ1) is 15.1. The minimum atomic E-state index is 0.584. The van der Waals surface area contributed by atoms with Crippen LogP contribution in [0, 0.1) is 0 Å². The predicted octanol–water partition coefficient (Wildman–Crippen LogP) is 3.83. The first-order valence-electron chi connectivity index (χ1n) is 7.38. The van der Waals surface area contributed by atoms with Gasteiger partial charge in [0.05, 0.1) is 6.61 Å². The standard InChI is InChI=1S/C16H22N4O/c1-3-5-11-17-15-10-12-18-16(20-15)19-13-6-8-14(9-7-13)21-4-2/h6-10,12H,3-5,11H2,1-2H3,(H2,17,18,19,20). The van der Waals surface area contributed by atoms with Crippen LogP contribution in [0.4, 0.5) is 17.5 Å². The molecule has 5 nitrogen and oxygen atoms in total. The molecule has 0 fully saturated rings. The van der Waals surface area contributed by atoms with Gasteiger partial charge in [0.1, 0.15) is 11.6 Å². The number of hydrogen-bond donors (Lipinski definition) is 2. The van der Waals surface area contributed by atoms with Crippen molar-refractivity contribution in [1.29, 1.82) is 0 Å². The Morgan fingerprint density at radius 3 is 2.62 bits per heavy atom. The Morgan fingerprint density at radius 2 is 1.90 bits per heavy atom. The molecule has 0 bridgehead atoms. The minimum Gasteiger partial charge on any atom is -0.494 e. The molecule has 0 radical (unpaired) electrons. The zero-order valence-electron chi connectivity index (χ0n) is 12.6. The van der Waals surface area contributed by atoms with Crippen LogP contribution >= 0.6 is 0 Å². The lowest BCUT2D eigenvalue weighted by atomic mass is 10.3. The van der Waals surface area contributed by atoms with Gasteiger partial charge in [-0.3, -0.25) is 0 Å². The van der Waals surface area contributed by atoms with Gasteiger partial charge in [-0.15, -0.1) is 0 Å². The van der Waals surface area contributed by atoms with Crippen LogP contribution in [-0.4, -0.2) is 23.1 Å². The maximum absolute atomic E-state index is 5.42. The fraction of sp³-hybridized carbons (Fsp3) is 0.375. The van der Waals surface area contributed by atoms with Crippen molar-refractivity contribution in [3.05, 3.63) is 36.5 Å². The number of hydrogen-bond acceptors (Lipinski definition) is 5. The van der Waals surface area contributed by atoms with E-state index < -0.39 is 0 Å². The molecule has 112 valence electrons. The van der Waals surface area contributed by atoms with Crippen molar-refractivity contribution >= 4 is 17.5 Å². The zero-order valence-corrected chi connectivity index (χ0v) is 12.6. The van der Waals surface area contributed by atoms with Gasteiger partial charge in [0.2, 0.25) is 5.95 Å². The first-order valence-corrected chi connectivity index (χ1v) is 7.38. The fourth-order valence-electron chi connectivity index (χ4n) is 1.84. The molecule has 1 aromatic heterocycles. The van der Waals surface area contributed by atoms with Gasteiger partial charge in [-0.2, -0.15) is 4.98 Å². The normalized spacial score (nSPS) is 10.2. The molecule has 0 aliphatic heterocycles. The average molecular weight is 286 g/mol. The van der Waals surface area contributed by atoms with Crippen molar-refractivity contribution in [2.24, 2.45) is 0 Å². The largest absolute Gasteiger partial charge is 0.494 e. The number of rotatable bonds is 8. The Kier molecular flexibility index (Phi) is 5.82. The summed E-state index contributed by atoms with van der Waals surface area (Å²) < 4.78 is 5.42. The number of ether oxygens (including phenoxy) is 1. The summed E-state index contributed by atoms with van der Waals surface area (Å²) in [7, 11) is 0. The number of benzene rings is 1. The van der Waals surface area contributed by atoms with E-state index in [9.17, 15) is 0 Å². The van der Waals surface area contributed by atoms with Gasteiger partial charge in [-0.1, -0.05) is 13.3 Å². The fourth-order valence-corrected chi connectivity index (χ4v) is 1.84. The maximum atomic E-state index is 5.42. The Labute approximate surface area is 125 Å². The van der Waals surface area contributed by atoms with Crippen LogP contribution in [0.2, 0.25) is 0 Å². The van der Waals surface area contributed by atoms with Crippen molar-refractivity contribution in [3.63, 3.8) is 0 Å². The number of nitrogens with zero attached hydrogens (tertiary/aromatic N) is 2. The van der Waals surface area contributed by atoms with Gasteiger partial charge in [-0.25, -0.2) is 4.98 Å². The van der Waals surface area contributed by atoms with E-state index in [2.05, 4.69) is 27.5 Å². The summed E-state index contributed by atoms with van der Waals surface area (Å²) in [5.41, 5.74) is 0.934. The first-order chi connectivity index (χ1) is 10.3. The Bertz CT molecular complexity index is 542. The lowest BCUT2D eigenvalue weighted by Gasteiger charge is -2.09. The Hall–Kier alpha value is -2.30. The van der Waals surface area contributed by atoms with Gasteiger partial charge < -0.3 is 15.4 Å². The summed E-state index contributed by atoms with van der Waals surface area (Å²) >= 11 is 0. The molecule has 0 saturated heterocycles. The molecule has 0 unspecified atom stereocenters. The van der Waals surface area contributed by atoms with E-state index >= 15 is 0 Å². The van der Waals surface area contributed by atoms with Crippen molar-refractivity contribution < 1.29 is 4.74 Å². The predicted molar refractivity (Wildman–Crippen MR) is 86.3 cm³/mol. The van der Waals surface area contributed by atoms with Crippen LogP contribution in [-0.2, 0) is 0 Å². The summed E-state index contributed by atoms with van der Waals surface area (Å²) in [6, 6.07) is 9.63. The molecule has 1 aromatic carbocycles. The average Bonchev–Trinajstić information content (AvgIpc) is 2.50. The number of anilines is 3. The van der Waals surface area contributed by atoms with Crippen LogP contribution in [0.25, 0.3) is 0 Å². The molecule has 0 saturated carbocycles. The molecule has 0 aliphatic carbocycles. The highest BCUT2D eigenvalue weighted by Crippen LogP contribution is 2.18. The van der Waals surface area contributed by atoms with Crippen molar-refractivity contribution in [3.8, 4) is 5.75 Å². The Morgan fingerprint density at radius 1 is 1.10 bits per heavy atom. The van der Waals surface area contributed by atoms with E-state index in [1.807, 2.05) is 37.3 Å². The van der Waals surface area contributed by atoms with Gasteiger partial charge in [0.15, 0.2) is 0 Å². The molecule has 0 aliphatic rings. The molecule has 0 spiro atoms. The summed E-state index contributed by atoms with van der Waals surface area (Å²) in [5, 5.41) is 6.47. The van der Waals surface area contributed by atoms with Crippen molar-refractivity contribution in [2.75, 3.05) is 23.8 Å². The molecule has 5 heteroatoms. The van der Waals surface area contributed by atoms with Gasteiger partial charge >= 0.3 is 0 Å². The SMILES string of the molecule is CCCCNc1ccnc(Nc2ccc(OCC)cc2)n1. The second kappa shape index (κ2) is 8.09. The van der Waals surface area contributed by atoms with Crippen molar-refractivity contribution in [2.45, 2.75) is 26.7 Å². The van der Waals surface area contributed by atoms with E-state index in [4.69, 9.17) is 4.74 Å². The summed E-state index contributed by atoms with van der Waals surface area (Å²) in [4.78, 5) is 8.66. The molecule has 1 heterocycles. The zero-order chi connectivity index (χ0) is 14.9. The smallest absolute Gasteiger partial charge is 0.229 e. The van der Waals surface area contributed by atoms with Gasteiger partial charge in [-0.05, 0) is 43.7 Å². The third kappa shape index (κ3) is 4.95. The van der Waals surface area contributed by atoms with E-state index in [0.29, 0.717) is 12.6 Å². The number of nitrogens with one attached hydrogen (secondary N) is 2. The molecule has 21 heavy (non-hydrogen) atoms. The van der Waals surface area contributed by atoms with Gasteiger partial charge in [0.25, 0.3) is 0 Å². The van der Waals surface area contributed by atoms with E-state index in [1.54, 1.807) is 6.20 Å². The molecule has 2 rings (SSSR count). The number of aromatic nitrogens is 2. The van der Waals surface area contributed by atoms with Crippen LogP contribution in [0.15, 0.2) is 36.5 Å². The quantitative estimate of drug-likeness (QED) is 0.722. The van der Waals surface area contributed by atoms with Crippen LogP contribution in [0.1, 0.15) is 26.7 Å². The molecule has 2 N–H and O–H groups in total. The van der Waals surface area contributed by atoms with Crippen molar-refractivity contribution in [1.82, 2.24) is 9.97 Å². The topological polar surface area (TPSA) is 59.1 Å². The van der Waals surface area contributed by atoms with Crippen LogP contribution in [0.5, 0.6) is 5.75 Å². The third-order valence-corrected chi connectivity index (χ3v) is 2.91. The van der Waals surface area contributed by atoms with E-state index in [0.717, 1.165) is 36.6 Å². The molecular weight excluding hydrogens is 264 g/mol.